The summed E-state index contributed by atoms with van der Waals surface area (Å²) in [5.41, 5.74) is -2.04. The first-order chi connectivity index (χ1) is 21.7. The van der Waals surface area contributed by atoms with Crippen LogP contribution in [0.25, 0.3) is 0 Å². The molecular formula is C33H34F10O3. The summed E-state index contributed by atoms with van der Waals surface area (Å²) in [6, 6.07) is 0.493. The Labute approximate surface area is 260 Å². The minimum atomic E-state index is -4.90. The molecule has 254 valence electrons. The van der Waals surface area contributed by atoms with E-state index < -0.39 is 70.3 Å². The van der Waals surface area contributed by atoms with Crippen molar-refractivity contribution in [1.82, 2.24) is 0 Å². The first kappa shape index (κ1) is 35.5. The van der Waals surface area contributed by atoms with Crippen LogP contribution in [0.2, 0.25) is 0 Å². The van der Waals surface area contributed by atoms with E-state index in [4.69, 9.17) is 0 Å². The van der Waals surface area contributed by atoms with Gasteiger partial charge < -0.3 is 14.2 Å². The molecule has 2 aliphatic rings. The van der Waals surface area contributed by atoms with Crippen LogP contribution >= 0.6 is 0 Å². The lowest BCUT2D eigenvalue weighted by molar-refractivity contribution is -0.224. The van der Waals surface area contributed by atoms with E-state index in [1.807, 2.05) is 13.0 Å². The van der Waals surface area contributed by atoms with E-state index in [2.05, 4.69) is 20.3 Å². The van der Waals surface area contributed by atoms with Crippen LogP contribution in [-0.4, -0.2) is 6.11 Å². The topological polar surface area (TPSA) is 27.7 Å². The molecule has 0 atom stereocenters. The first-order valence-corrected chi connectivity index (χ1v) is 15.1. The molecule has 0 N–H and O–H groups in total. The molecule has 46 heavy (non-hydrogen) atoms. The van der Waals surface area contributed by atoms with E-state index in [0.29, 0.717) is 30.6 Å². The van der Waals surface area contributed by atoms with E-state index in [1.165, 1.54) is 0 Å². The molecule has 2 fully saturated rings. The van der Waals surface area contributed by atoms with Crippen LogP contribution in [0.1, 0.15) is 76.7 Å². The molecule has 0 radical (unpaired) electrons. The molecule has 2 aromatic carbocycles. The van der Waals surface area contributed by atoms with Gasteiger partial charge in [0.2, 0.25) is 0 Å². The summed E-state index contributed by atoms with van der Waals surface area (Å²) >= 11 is 0. The lowest BCUT2D eigenvalue weighted by Gasteiger charge is -2.39. The zero-order valence-corrected chi connectivity index (χ0v) is 24.9. The molecule has 0 unspecified atom stereocenters. The van der Waals surface area contributed by atoms with Crippen LogP contribution in [0.3, 0.4) is 0 Å². The highest BCUT2D eigenvalue weighted by molar-refractivity contribution is 5.37. The van der Waals surface area contributed by atoms with Gasteiger partial charge in [0.25, 0.3) is 0 Å². The Morgan fingerprint density at radius 1 is 0.739 bits per heavy atom. The molecule has 2 aliphatic carbocycles. The van der Waals surface area contributed by atoms with Gasteiger partial charge in [-0.05, 0) is 76.0 Å². The van der Waals surface area contributed by atoms with Crippen molar-refractivity contribution >= 4 is 0 Å². The zero-order chi connectivity index (χ0) is 33.6. The van der Waals surface area contributed by atoms with Gasteiger partial charge in [0.1, 0.15) is 28.7 Å². The number of hydrogen-bond donors (Lipinski definition) is 0. The maximum absolute atomic E-state index is 15.1. The van der Waals surface area contributed by atoms with Crippen LogP contribution in [0, 0.1) is 46.9 Å². The van der Waals surface area contributed by atoms with Crippen molar-refractivity contribution in [2.45, 2.75) is 83.3 Å². The van der Waals surface area contributed by atoms with Crippen molar-refractivity contribution in [1.29, 1.82) is 0 Å². The van der Waals surface area contributed by atoms with Crippen LogP contribution in [0.5, 0.6) is 17.2 Å². The molecule has 0 heterocycles. The summed E-state index contributed by atoms with van der Waals surface area (Å²) in [6.45, 7) is 1.99. The van der Waals surface area contributed by atoms with Crippen LogP contribution < -0.4 is 14.2 Å². The third-order valence-electron chi connectivity index (χ3n) is 8.83. The van der Waals surface area contributed by atoms with E-state index >= 15 is 8.78 Å². The lowest BCUT2D eigenvalue weighted by Crippen LogP contribution is -2.38. The second-order valence-electron chi connectivity index (χ2n) is 11.8. The summed E-state index contributed by atoms with van der Waals surface area (Å²) in [5.74, 6) is -11.0. The molecule has 3 nitrogen and oxygen atoms in total. The standard InChI is InChI=1S/C33H34F10O3/c1-2-3-4-5-19-6-8-20(9-7-19)21-10-12-22(13-11-21)32(40,41)45-23-14-25(34)30(26(35)15-23)33(42,43)46-24-16-27(36)31(28(37)17-24)44-18-29(38)39/h2-3,14-22H,4-13H2,1H3. The molecule has 0 aromatic heterocycles. The van der Waals surface area contributed by atoms with Crippen molar-refractivity contribution in [3.63, 3.8) is 0 Å². The van der Waals surface area contributed by atoms with Gasteiger partial charge in [0.15, 0.2) is 23.6 Å². The largest absolute Gasteiger partial charge is 0.453 e. The van der Waals surface area contributed by atoms with Crippen molar-refractivity contribution < 1.29 is 58.1 Å². The first-order valence-electron chi connectivity index (χ1n) is 15.1. The molecule has 0 saturated heterocycles. The fourth-order valence-electron chi connectivity index (χ4n) is 6.51. The second kappa shape index (κ2) is 15.0. The van der Waals surface area contributed by atoms with Gasteiger partial charge in [-0.1, -0.05) is 25.0 Å². The maximum atomic E-state index is 15.1. The molecule has 13 heteroatoms. The van der Waals surface area contributed by atoms with Gasteiger partial charge in [-0.3, -0.25) is 0 Å². The SMILES string of the molecule is CC=CCCC1CCC(C2CCC(C(F)(F)Oc3cc(F)c(C(F)(F)Oc4cc(F)c(OC=C(F)F)c(F)c4)c(F)c3)CC2)CC1. The predicted octanol–water partition coefficient (Wildman–Crippen LogP) is 11.4. The average molecular weight is 669 g/mol. The monoisotopic (exact) mass is 668 g/mol. The molecule has 0 bridgehead atoms. The van der Waals surface area contributed by atoms with Gasteiger partial charge in [-0.25, -0.2) is 17.6 Å². The smallest absolute Gasteiger partial charge is 0.432 e. The maximum Gasteiger partial charge on any atom is 0.432 e. The number of alkyl halides is 4. The second-order valence-corrected chi connectivity index (χ2v) is 11.8. The third-order valence-corrected chi connectivity index (χ3v) is 8.83. The van der Waals surface area contributed by atoms with E-state index in [-0.39, 0.29) is 43.4 Å². The van der Waals surface area contributed by atoms with Crippen LogP contribution in [0.15, 0.2) is 48.8 Å². The van der Waals surface area contributed by atoms with Gasteiger partial charge in [-0.15, -0.1) is 0 Å². The minimum Gasteiger partial charge on any atom is -0.453 e. The van der Waals surface area contributed by atoms with Crippen molar-refractivity contribution in [3.05, 3.63) is 77.6 Å². The van der Waals surface area contributed by atoms with E-state index in [9.17, 15) is 35.1 Å². The fraction of sp³-hybridized carbons (Fsp3) is 0.515. The van der Waals surface area contributed by atoms with Crippen molar-refractivity contribution in [2.24, 2.45) is 23.7 Å². The molecular weight excluding hydrogens is 634 g/mol. The highest BCUT2D eigenvalue weighted by Crippen LogP contribution is 2.46. The molecule has 0 aliphatic heterocycles. The predicted molar refractivity (Wildman–Crippen MR) is 149 cm³/mol. The van der Waals surface area contributed by atoms with Gasteiger partial charge >= 0.3 is 18.3 Å². The van der Waals surface area contributed by atoms with Crippen molar-refractivity contribution in [3.8, 4) is 17.2 Å². The quantitative estimate of drug-likeness (QED) is 0.128. The number of halogens is 10. The van der Waals surface area contributed by atoms with Gasteiger partial charge in [0, 0.05) is 24.3 Å². The highest BCUT2D eigenvalue weighted by atomic mass is 19.3. The Morgan fingerprint density at radius 2 is 1.24 bits per heavy atom. The zero-order valence-electron chi connectivity index (χ0n) is 24.9. The summed E-state index contributed by atoms with van der Waals surface area (Å²) < 4.78 is 154. The Hall–Kier alpha value is -3.38. The van der Waals surface area contributed by atoms with Crippen LogP contribution in [0.4, 0.5) is 43.9 Å². The normalized spacial score (nSPS) is 22.5. The fourth-order valence-corrected chi connectivity index (χ4v) is 6.51. The molecule has 0 spiro atoms. The van der Waals surface area contributed by atoms with E-state index in [0.717, 1.165) is 38.5 Å². The third kappa shape index (κ3) is 8.90. The van der Waals surface area contributed by atoms with Crippen LogP contribution in [-0.2, 0) is 6.11 Å². The number of allylic oxidation sites excluding steroid dienone is 2. The number of hydrogen-bond acceptors (Lipinski definition) is 3. The molecule has 2 saturated carbocycles. The Balaban J connectivity index is 1.36. The average Bonchev–Trinajstić information content (AvgIpc) is 2.96. The lowest BCUT2D eigenvalue weighted by atomic mass is 9.68. The van der Waals surface area contributed by atoms with Crippen molar-refractivity contribution in [2.75, 3.05) is 0 Å². The number of rotatable bonds is 12. The molecule has 2 aromatic rings. The highest BCUT2D eigenvalue weighted by Gasteiger charge is 2.46. The molecule has 4 rings (SSSR count). The minimum absolute atomic E-state index is 0.107. The van der Waals surface area contributed by atoms with E-state index in [1.54, 1.807) is 0 Å². The summed E-state index contributed by atoms with van der Waals surface area (Å²) in [6.07, 6.45) is 0.638. The Morgan fingerprint density at radius 3 is 1.76 bits per heavy atom. The number of benzene rings is 2. The Kier molecular flexibility index (Phi) is 11.6. The van der Waals surface area contributed by atoms with Gasteiger partial charge in [0.05, 0.1) is 5.92 Å². The summed E-state index contributed by atoms with van der Waals surface area (Å²) in [7, 11) is 0. The number of ether oxygens (including phenoxy) is 3. The summed E-state index contributed by atoms with van der Waals surface area (Å²) in [4.78, 5) is 0. The van der Waals surface area contributed by atoms with Gasteiger partial charge in [-0.2, -0.15) is 26.3 Å². The summed E-state index contributed by atoms with van der Waals surface area (Å²) in [5, 5.41) is 0. The Bertz CT molecular complexity index is 1340. The molecule has 0 amide bonds.